The van der Waals surface area contributed by atoms with Crippen LogP contribution in [0.3, 0.4) is 0 Å². The lowest BCUT2D eigenvalue weighted by Crippen LogP contribution is -2.32. The van der Waals surface area contributed by atoms with Gasteiger partial charge in [0, 0.05) is 29.4 Å². The highest BCUT2D eigenvalue weighted by atomic mass is 16.5. The lowest BCUT2D eigenvalue weighted by molar-refractivity contribution is -0.143. The number of aromatic nitrogens is 2. The molecule has 2 aromatic rings. The van der Waals surface area contributed by atoms with Crippen LogP contribution in [-0.2, 0) is 19.1 Å². The summed E-state index contributed by atoms with van der Waals surface area (Å²) >= 11 is 0. The van der Waals surface area contributed by atoms with E-state index in [0.29, 0.717) is 0 Å². The van der Waals surface area contributed by atoms with Gasteiger partial charge in [-0.05, 0) is 44.9 Å². The fourth-order valence-corrected chi connectivity index (χ4v) is 3.76. The van der Waals surface area contributed by atoms with E-state index in [1.807, 2.05) is 12.1 Å². The van der Waals surface area contributed by atoms with Gasteiger partial charge in [0.2, 0.25) is 11.7 Å². The van der Waals surface area contributed by atoms with E-state index in [1.54, 1.807) is 32.3 Å². The summed E-state index contributed by atoms with van der Waals surface area (Å²) < 4.78 is 11.2. The molecule has 152 valence electrons. The summed E-state index contributed by atoms with van der Waals surface area (Å²) in [4.78, 5) is 33.0. The molecule has 0 unspecified atom stereocenters. The van der Waals surface area contributed by atoms with E-state index in [0.717, 1.165) is 42.3 Å². The minimum absolute atomic E-state index is 0.0616. The number of hydrogen-bond donors (Lipinski definition) is 2. The molecule has 0 spiro atoms. The Morgan fingerprint density at radius 2 is 2.14 bits per heavy atom. The number of fused-ring (bicyclic) bond motifs is 1. The predicted octanol–water partition coefficient (Wildman–Crippen LogP) is 3.59. The van der Waals surface area contributed by atoms with Crippen LogP contribution in [0.1, 0.15) is 51.5 Å². The molecule has 29 heavy (non-hydrogen) atoms. The lowest BCUT2D eigenvalue weighted by Gasteiger charge is -2.24. The molecule has 0 aromatic carbocycles. The van der Waals surface area contributed by atoms with Crippen molar-refractivity contribution in [3.8, 4) is 0 Å². The summed E-state index contributed by atoms with van der Waals surface area (Å²) in [5.74, 6) is -0.819. The van der Waals surface area contributed by atoms with Crippen LogP contribution in [0.5, 0.6) is 0 Å². The average molecular weight is 395 g/mol. The number of rotatable bonds is 5. The smallest absolute Gasteiger partial charge is 0.348 e. The summed E-state index contributed by atoms with van der Waals surface area (Å²) in [5, 5.41) is 4.15. The summed E-state index contributed by atoms with van der Waals surface area (Å²) in [5.41, 5.74) is 1.43. The Morgan fingerprint density at radius 3 is 2.90 bits per heavy atom. The van der Waals surface area contributed by atoms with Crippen molar-refractivity contribution in [2.24, 2.45) is 0 Å². The molecule has 4 rings (SSSR count). The Kier molecular flexibility index (Phi) is 5.38. The number of nitrogens with one attached hydrogen (secondary N) is 2. The number of H-pyrrole nitrogens is 1. The molecule has 1 fully saturated rings. The third-order valence-electron chi connectivity index (χ3n) is 5.15. The van der Waals surface area contributed by atoms with Gasteiger partial charge in [0.15, 0.2) is 11.3 Å². The summed E-state index contributed by atoms with van der Waals surface area (Å²) in [6, 6.07) is 3.92. The molecular formula is C22H25N3O4. The fourth-order valence-electron chi connectivity index (χ4n) is 3.76. The zero-order valence-electron chi connectivity index (χ0n) is 16.7. The van der Waals surface area contributed by atoms with Crippen molar-refractivity contribution < 1.29 is 19.1 Å². The molecule has 1 aliphatic carbocycles. The first-order chi connectivity index (χ1) is 14.0. The minimum Gasteiger partial charge on any atom is -0.459 e. The lowest BCUT2D eigenvalue weighted by atomic mass is 9.95. The number of pyridine rings is 1. The quantitative estimate of drug-likeness (QED) is 0.457. The van der Waals surface area contributed by atoms with Crippen LogP contribution in [-0.4, -0.2) is 33.9 Å². The molecule has 0 saturated heterocycles. The molecule has 0 amide bonds. The van der Waals surface area contributed by atoms with Gasteiger partial charge in [-0.15, -0.1) is 0 Å². The predicted molar refractivity (Wildman–Crippen MR) is 108 cm³/mol. The van der Waals surface area contributed by atoms with E-state index in [9.17, 15) is 9.59 Å². The van der Waals surface area contributed by atoms with Gasteiger partial charge in [-0.1, -0.05) is 19.3 Å². The summed E-state index contributed by atoms with van der Waals surface area (Å²) in [6.45, 7) is 3.51. The van der Waals surface area contributed by atoms with Gasteiger partial charge >= 0.3 is 5.97 Å². The Morgan fingerprint density at radius 1 is 1.34 bits per heavy atom. The highest BCUT2D eigenvalue weighted by Crippen LogP contribution is 2.30. The Labute approximate surface area is 169 Å². The number of carbonyl (C=O) groups excluding carboxylic acids is 2. The van der Waals surface area contributed by atoms with E-state index >= 15 is 0 Å². The van der Waals surface area contributed by atoms with Crippen molar-refractivity contribution in [1.29, 1.82) is 0 Å². The second-order valence-corrected chi connectivity index (χ2v) is 7.72. The second kappa shape index (κ2) is 8.11. The molecule has 0 radical (unpaired) electrons. The van der Waals surface area contributed by atoms with Gasteiger partial charge in [0.1, 0.15) is 5.65 Å². The van der Waals surface area contributed by atoms with E-state index < -0.39 is 11.8 Å². The van der Waals surface area contributed by atoms with Gasteiger partial charge in [-0.2, -0.15) is 0 Å². The van der Waals surface area contributed by atoms with Crippen LogP contribution < -0.4 is 5.32 Å². The van der Waals surface area contributed by atoms with Crippen molar-refractivity contribution in [3.05, 3.63) is 47.3 Å². The van der Waals surface area contributed by atoms with Crippen molar-refractivity contribution in [3.63, 3.8) is 0 Å². The van der Waals surface area contributed by atoms with Crippen molar-refractivity contribution >= 4 is 28.9 Å². The van der Waals surface area contributed by atoms with Crippen molar-refractivity contribution in [1.82, 2.24) is 15.3 Å². The zero-order chi connectivity index (χ0) is 20.4. The maximum atomic E-state index is 13.0. The molecule has 2 aromatic heterocycles. The zero-order valence-corrected chi connectivity index (χ0v) is 16.7. The molecule has 7 nitrogen and oxygen atoms in total. The maximum Gasteiger partial charge on any atom is 0.348 e. The largest absolute Gasteiger partial charge is 0.459 e. The number of Topliss-reactive ketones (excluding diaryl/α,β-unsaturated/α-hetero) is 1. The second-order valence-electron chi connectivity index (χ2n) is 7.72. The Hall–Kier alpha value is -3.09. The van der Waals surface area contributed by atoms with Crippen molar-refractivity contribution in [2.75, 3.05) is 0 Å². The highest BCUT2D eigenvalue weighted by molar-refractivity contribution is 6.26. The number of carbonyl (C=O) groups is 2. The van der Waals surface area contributed by atoms with E-state index in [-0.39, 0.29) is 29.4 Å². The van der Waals surface area contributed by atoms with Crippen LogP contribution in [0.25, 0.3) is 17.1 Å². The van der Waals surface area contributed by atoms with E-state index in [1.165, 1.54) is 6.42 Å². The van der Waals surface area contributed by atoms with Crippen LogP contribution >= 0.6 is 0 Å². The molecule has 2 N–H and O–H groups in total. The van der Waals surface area contributed by atoms with Gasteiger partial charge in [-0.3, -0.25) is 4.79 Å². The SMILES string of the molecule is CC(C)OC(=O)C1=C(NC2CCCCC2)O/C(=C\c2c[nH]c3ncccc23)C1=O. The standard InChI is InChI=1S/C22H25N3O4/c1-13(2)28-22(27)18-19(26)17(29-21(18)25-15-7-4-3-5-8-15)11-14-12-24-20-16(14)9-6-10-23-20/h6,9-13,15,25H,3-5,7-8H2,1-2H3,(H,23,24)/b17-11-. The van der Waals surface area contributed by atoms with Crippen LogP contribution in [0.4, 0.5) is 0 Å². The first-order valence-electron chi connectivity index (χ1n) is 10.1. The summed E-state index contributed by atoms with van der Waals surface area (Å²) in [7, 11) is 0. The molecule has 2 aliphatic rings. The molecule has 7 heteroatoms. The Balaban J connectivity index is 1.65. The number of ether oxygens (including phenoxy) is 2. The van der Waals surface area contributed by atoms with Gasteiger partial charge < -0.3 is 19.8 Å². The highest BCUT2D eigenvalue weighted by Gasteiger charge is 2.38. The van der Waals surface area contributed by atoms with Gasteiger partial charge in [0.25, 0.3) is 0 Å². The van der Waals surface area contributed by atoms with Crippen LogP contribution in [0, 0.1) is 0 Å². The third-order valence-corrected chi connectivity index (χ3v) is 5.15. The van der Waals surface area contributed by atoms with Gasteiger partial charge in [0.05, 0.1) is 6.10 Å². The van der Waals surface area contributed by atoms with Crippen LogP contribution in [0.2, 0.25) is 0 Å². The number of nitrogens with zero attached hydrogens (tertiary/aromatic N) is 1. The van der Waals surface area contributed by atoms with Gasteiger partial charge in [-0.25, -0.2) is 9.78 Å². The first kappa shape index (κ1) is 19.2. The Bertz CT molecular complexity index is 996. The number of hydrogen-bond acceptors (Lipinski definition) is 6. The molecule has 0 bridgehead atoms. The maximum absolute atomic E-state index is 13.0. The molecule has 3 heterocycles. The number of ketones is 1. The van der Waals surface area contributed by atoms with E-state index in [2.05, 4.69) is 15.3 Å². The first-order valence-corrected chi connectivity index (χ1v) is 10.1. The normalized spacial score (nSPS) is 19.3. The average Bonchev–Trinajstić information content (AvgIpc) is 3.24. The summed E-state index contributed by atoms with van der Waals surface area (Å²) in [6.07, 6.45) is 10.2. The molecular weight excluding hydrogens is 370 g/mol. The fraction of sp³-hybridized carbons (Fsp3) is 0.409. The topological polar surface area (TPSA) is 93.3 Å². The molecule has 1 aliphatic heterocycles. The third kappa shape index (κ3) is 4.04. The number of allylic oxidation sites excluding steroid dienone is 1. The molecule has 1 saturated carbocycles. The van der Waals surface area contributed by atoms with Crippen molar-refractivity contribution in [2.45, 2.75) is 58.1 Å². The monoisotopic (exact) mass is 395 g/mol. The van der Waals surface area contributed by atoms with Crippen LogP contribution in [0.15, 0.2) is 41.7 Å². The van der Waals surface area contributed by atoms with E-state index in [4.69, 9.17) is 9.47 Å². The minimum atomic E-state index is -0.660. The number of aromatic amines is 1. The molecule has 0 atom stereocenters. The number of esters is 1.